The van der Waals surface area contributed by atoms with Gasteiger partial charge in [0.15, 0.2) is 11.5 Å². The van der Waals surface area contributed by atoms with E-state index in [0.29, 0.717) is 17.9 Å². The van der Waals surface area contributed by atoms with Gasteiger partial charge >= 0.3 is 0 Å². The molecule has 1 aromatic heterocycles. The van der Waals surface area contributed by atoms with Crippen LogP contribution in [0.15, 0.2) is 42.7 Å². The van der Waals surface area contributed by atoms with Crippen molar-refractivity contribution in [3.05, 3.63) is 53.9 Å². The molecule has 0 bridgehead atoms. The standard InChI is InChI=1S/C20H25N3O3/c1-25-18-4-3-17(13-19(18)26-2)14-20(24)23-11-9-22(10-12-23)15-16-5-7-21-8-6-16/h3-8,13H,9-12,14-15H2,1-2H3/p+1. The van der Waals surface area contributed by atoms with Crippen molar-refractivity contribution in [1.29, 1.82) is 0 Å². The second kappa shape index (κ2) is 8.67. The van der Waals surface area contributed by atoms with Gasteiger partial charge in [-0.2, -0.15) is 0 Å². The fourth-order valence-corrected chi connectivity index (χ4v) is 3.32. The van der Waals surface area contributed by atoms with Crippen LogP contribution in [-0.2, 0) is 17.8 Å². The van der Waals surface area contributed by atoms with E-state index in [0.717, 1.165) is 38.3 Å². The van der Waals surface area contributed by atoms with E-state index < -0.39 is 0 Å². The maximum atomic E-state index is 12.6. The number of rotatable bonds is 6. The summed E-state index contributed by atoms with van der Waals surface area (Å²) in [5, 5.41) is 0. The molecule has 26 heavy (non-hydrogen) atoms. The predicted octanol–water partition coefficient (Wildman–Crippen LogP) is 0.569. The van der Waals surface area contributed by atoms with Crippen molar-refractivity contribution in [2.24, 2.45) is 0 Å². The Hall–Kier alpha value is -2.60. The number of hydrogen-bond donors (Lipinski definition) is 1. The Morgan fingerprint density at radius 1 is 1.04 bits per heavy atom. The molecule has 1 aromatic carbocycles. The van der Waals surface area contributed by atoms with E-state index in [4.69, 9.17) is 9.47 Å². The first-order valence-electron chi connectivity index (χ1n) is 8.90. The summed E-state index contributed by atoms with van der Waals surface area (Å²) in [6.07, 6.45) is 4.05. The van der Waals surface area contributed by atoms with Gasteiger partial charge in [0, 0.05) is 18.0 Å². The van der Waals surface area contributed by atoms with Crippen molar-refractivity contribution >= 4 is 5.91 Å². The molecule has 0 saturated carbocycles. The Kier molecular flexibility index (Phi) is 6.07. The fraction of sp³-hybridized carbons (Fsp3) is 0.400. The zero-order valence-electron chi connectivity index (χ0n) is 15.4. The number of piperazine rings is 1. The van der Waals surface area contributed by atoms with Crippen molar-refractivity contribution in [3.63, 3.8) is 0 Å². The average Bonchev–Trinajstić information content (AvgIpc) is 2.69. The molecular formula is C20H26N3O3+. The van der Waals surface area contributed by atoms with Gasteiger partial charge in [-0.25, -0.2) is 0 Å². The largest absolute Gasteiger partial charge is 0.493 e. The van der Waals surface area contributed by atoms with Crippen molar-refractivity contribution in [1.82, 2.24) is 9.88 Å². The van der Waals surface area contributed by atoms with Gasteiger partial charge in [-0.3, -0.25) is 9.78 Å². The van der Waals surface area contributed by atoms with Gasteiger partial charge in [-0.05, 0) is 29.8 Å². The number of carbonyl (C=O) groups excluding carboxylic acids is 1. The third-order valence-corrected chi connectivity index (χ3v) is 4.83. The Morgan fingerprint density at radius 2 is 1.73 bits per heavy atom. The maximum absolute atomic E-state index is 12.6. The second-order valence-corrected chi connectivity index (χ2v) is 6.53. The molecule has 0 unspecified atom stereocenters. The van der Waals surface area contributed by atoms with E-state index in [1.165, 1.54) is 10.5 Å². The van der Waals surface area contributed by atoms with Crippen molar-refractivity contribution < 1.29 is 19.2 Å². The minimum atomic E-state index is 0.167. The van der Waals surface area contributed by atoms with Gasteiger partial charge in [-0.15, -0.1) is 0 Å². The number of nitrogens with one attached hydrogen (secondary N) is 1. The lowest BCUT2D eigenvalue weighted by Gasteiger charge is -2.32. The first-order chi connectivity index (χ1) is 12.7. The predicted molar refractivity (Wildman–Crippen MR) is 98.5 cm³/mol. The molecule has 1 aliphatic heterocycles. The molecule has 0 radical (unpaired) electrons. The number of amides is 1. The summed E-state index contributed by atoms with van der Waals surface area (Å²) in [5.74, 6) is 1.50. The molecule has 3 rings (SSSR count). The van der Waals surface area contributed by atoms with E-state index in [2.05, 4.69) is 17.1 Å². The van der Waals surface area contributed by atoms with Crippen molar-refractivity contribution in [2.45, 2.75) is 13.0 Å². The van der Waals surface area contributed by atoms with Crippen LogP contribution in [0.4, 0.5) is 0 Å². The average molecular weight is 356 g/mol. The summed E-state index contributed by atoms with van der Waals surface area (Å²) < 4.78 is 10.6. The summed E-state index contributed by atoms with van der Waals surface area (Å²) in [7, 11) is 3.21. The zero-order valence-corrected chi connectivity index (χ0v) is 15.4. The summed E-state index contributed by atoms with van der Waals surface area (Å²) in [5.41, 5.74) is 2.24. The molecule has 0 spiro atoms. The number of quaternary nitrogens is 1. The Morgan fingerprint density at radius 3 is 2.38 bits per heavy atom. The quantitative estimate of drug-likeness (QED) is 0.822. The van der Waals surface area contributed by atoms with Crippen LogP contribution in [0.1, 0.15) is 11.1 Å². The van der Waals surface area contributed by atoms with Gasteiger partial charge in [0.05, 0.1) is 46.8 Å². The number of aromatic nitrogens is 1. The molecule has 6 nitrogen and oxygen atoms in total. The summed E-state index contributed by atoms with van der Waals surface area (Å²) in [6.45, 7) is 4.53. The molecule has 0 aliphatic carbocycles. The minimum Gasteiger partial charge on any atom is -0.493 e. The normalized spacial score (nSPS) is 14.9. The molecule has 2 aromatic rings. The van der Waals surface area contributed by atoms with Gasteiger partial charge in [0.2, 0.25) is 5.91 Å². The van der Waals surface area contributed by atoms with Crippen LogP contribution in [0.2, 0.25) is 0 Å². The second-order valence-electron chi connectivity index (χ2n) is 6.53. The third kappa shape index (κ3) is 4.52. The van der Waals surface area contributed by atoms with Gasteiger partial charge in [0.1, 0.15) is 6.54 Å². The summed E-state index contributed by atoms with van der Waals surface area (Å²) in [4.78, 5) is 20.2. The number of pyridine rings is 1. The lowest BCUT2D eigenvalue weighted by molar-refractivity contribution is -0.917. The van der Waals surface area contributed by atoms with E-state index in [1.807, 2.05) is 35.5 Å². The SMILES string of the molecule is COc1ccc(CC(=O)N2CC[NH+](Cc3ccncc3)CC2)cc1OC. The van der Waals surface area contributed by atoms with Gasteiger partial charge in [-0.1, -0.05) is 6.07 Å². The number of benzene rings is 1. The van der Waals surface area contributed by atoms with Crippen LogP contribution in [0.5, 0.6) is 11.5 Å². The van der Waals surface area contributed by atoms with Crippen LogP contribution < -0.4 is 14.4 Å². The zero-order chi connectivity index (χ0) is 18.4. The van der Waals surface area contributed by atoms with Crippen LogP contribution in [0, 0.1) is 0 Å². The molecule has 1 aliphatic rings. The molecule has 0 atom stereocenters. The third-order valence-electron chi connectivity index (χ3n) is 4.83. The number of ether oxygens (including phenoxy) is 2. The monoisotopic (exact) mass is 356 g/mol. The molecule has 1 fully saturated rings. The Bertz CT molecular complexity index is 728. The molecule has 2 heterocycles. The minimum absolute atomic E-state index is 0.167. The molecular weight excluding hydrogens is 330 g/mol. The Labute approximate surface area is 154 Å². The lowest BCUT2D eigenvalue weighted by atomic mass is 10.1. The first kappa shape index (κ1) is 18.2. The molecule has 1 saturated heterocycles. The van der Waals surface area contributed by atoms with Crippen LogP contribution in [0.25, 0.3) is 0 Å². The highest BCUT2D eigenvalue weighted by molar-refractivity contribution is 5.79. The van der Waals surface area contributed by atoms with Gasteiger partial charge in [0.25, 0.3) is 0 Å². The van der Waals surface area contributed by atoms with E-state index >= 15 is 0 Å². The van der Waals surface area contributed by atoms with Crippen LogP contribution >= 0.6 is 0 Å². The van der Waals surface area contributed by atoms with Crippen LogP contribution in [-0.4, -0.2) is 56.2 Å². The number of carbonyl (C=O) groups is 1. The smallest absolute Gasteiger partial charge is 0.227 e. The summed E-state index contributed by atoms with van der Waals surface area (Å²) >= 11 is 0. The van der Waals surface area contributed by atoms with Gasteiger partial charge < -0.3 is 19.3 Å². The molecule has 1 N–H and O–H groups in total. The molecule has 138 valence electrons. The number of nitrogens with zero attached hydrogens (tertiary/aromatic N) is 2. The fourth-order valence-electron chi connectivity index (χ4n) is 3.32. The van der Waals surface area contributed by atoms with Crippen molar-refractivity contribution in [2.75, 3.05) is 40.4 Å². The van der Waals surface area contributed by atoms with Crippen LogP contribution in [0.3, 0.4) is 0 Å². The lowest BCUT2D eigenvalue weighted by Crippen LogP contribution is -3.13. The summed E-state index contributed by atoms with van der Waals surface area (Å²) in [6, 6.07) is 9.76. The number of methoxy groups -OCH3 is 2. The number of hydrogen-bond acceptors (Lipinski definition) is 4. The van der Waals surface area contributed by atoms with E-state index in [9.17, 15) is 4.79 Å². The van der Waals surface area contributed by atoms with E-state index in [1.54, 1.807) is 14.2 Å². The highest BCUT2D eigenvalue weighted by Crippen LogP contribution is 2.27. The maximum Gasteiger partial charge on any atom is 0.227 e. The van der Waals surface area contributed by atoms with E-state index in [-0.39, 0.29) is 5.91 Å². The Balaban J connectivity index is 1.52. The van der Waals surface area contributed by atoms with Crippen molar-refractivity contribution in [3.8, 4) is 11.5 Å². The first-order valence-corrected chi connectivity index (χ1v) is 8.90. The highest BCUT2D eigenvalue weighted by Gasteiger charge is 2.24. The topological polar surface area (TPSA) is 56.1 Å². The highest BCUT2D eigenvalue weighted by atomic mass is 16.5. The molecule has 1 amide bonds. The molecule has 6 heteroatoms.